The van der Waals surface area contributed by atoms with Crippen LogP contribution in [0.1, 0.15) is 11.1 Å². The molecular weight excluding hydrogens is 404 g/mol. The monoisotopic (exact) mass is 426 g/mol. The van der Waals surface area contributed by atoms with Gasteiger partial charge < -0.3 is 10.6 Å². The van der Waals surface area contributed by atoms with Gasteiger partial charge in [0.1, 0.15) is 0 Å². The van der Waals surface area contributed by atoms with Gasteiger partial charge in [0.05, 0.1) is 12.5 Å². The van der Waals surface area contributed by atoms with Crippen LogP contribution in [-0.2, 0) is 33.1 Å². The van der Waals surface area contributed by atoms with Crippen LogP contribution in [0.15, 0.2) is 48.5 Å². The Morgan fingerprint density at radius 3 is 1.50 bits per heavy atom. The first kappa shape index (κ1) is 21.5. The third kappa shape index (κ3) is 8.27. The molecule has 2 rings (SSSR count). The average molecular weight is 427 g/mol. The zero-order valence-electron chi connectivity index (χ0n) is 15.4. The zero-order chi connectivity index (χ0) is 20.8. The third-order valence-corrected chi connectivity index (χ3v) is 4.58. The standard InChI is InChI=1S/C17H22N4O5S2/c1-27(23,24)20-15-7-3-5-13(9-15)11-18-17(22)19-12-14-6-4-8-16(10-14)21-28(2,25)26/h3-10,20-21H,11-12H2,1-2H3,(H2,18,19,22). The van der Waals surface area contributed by atoms with E-state index < -0.39 is 26.1 Å². The summed E-state index contributed by atoms with van der Waals surface area (Å²) in [4.78, 5) is 12.0. The van der Waals surface area contributed by atoms with Gasteiger partial charge in [0.2, 0.25) is 20.0 Å². The topological polar surface area (TPSA) is 133 Å². The second kappa shape index (κ2) is 8.93. The number of amides is 2. The minimum Gasteiger partial charge on any atom is -0.334 e. The molecule has 2 aromatic rings. The molecule has 152 valence electrons. The summed E-state index contributed by atoms with van der Waals surface area (Å²) in [5, 5.41) is 5.35. The molecule has 9 nitrogen and oxygen atoms in total. The normalized spacial score (nSPS) is 11.5. The Morgan fingerprint density at radius 2 is 1.14 bits per heavy atom. The summed E-state index contributed by atoms with van der Waals surface area (Å²) in [5.74, 6) is 0. The average Bonchev–Trinajstić information content (AvgIpc) is 2.56. The highest BCUT2D eigenvalue weighted by molar-refractivity contribution is 7.92. The van der Waals surface area contributed by atoms with Crippen molar-refractivity contribution < 1.29 is 21.6 Å². The Morgan fingerprint density at radius 1 is 0.750 bits per heavy atom. The van der Waals surface area contributed by atoms with E-state index >= 15 is 0 Å². The van der Waals surface area contributed by atoms with E-state index in [0.29, 0.717) is 11.4 Å². The predicted octanol–water partition coefficient (Wildman–Crippen LogP) is 1.43. The Labute approximate surface area is 164 Å². The molecule has 0 fully saturated rings. The molecule has 0 aliphatic carbocycles. The number of carbonyl (C=O) groups is 1. The van der Waals surface area contributed by atoms with Crippen LogP contribution >= 0.6 is 0 Å². The maximum atomic E-state index is 12.0. The lowest BCUT2D eigenvalue weighted by atomic mass is 10.2. The van der Waals surface area contributed by atoms with Gasteiger partial charge in [-0.15, -0.1) is 0 Å². The van der Waals surface area contributed by atoms with E-state index in [0.717, 1.165) is 23.6 Å². The maximum absolute atomic E-state index is 12.0. The molecule has 2 aromatic carbocycles. The number of carbonyl (C=O) groups excluding carboxylic acids is 1. The van der Waals surface area contributed by atoms with Crippen molar-refractivity contribution in [1.29, 1.82) is 0 Å². The minimum absolute atomic E-state index is 0.209. The molecule has 0 saturated heterocycles. The van der Waals surface area contributed by atoms with Gasteiger partial charge in [-0.2, -0.15) is 0 Å². The lowest BCUT2D eigenvalue weighted by Crippen LogP contribution is -2.34. The van der Waals surface area contributed by atoms with Crippen LogP contribution in [-0.4, -0.2) is 35.4 Å². The van der Waals surface area contributed by atoms with E-state index in [-0.39, 0.29) is 13.1 Å². The molecular formula is C17H22N4O5S2. The molecule has 0 unspecified atom stereocenters. The number of nitrogens with one attached hydrogen (secondary N) is 4. The fourth-order valence-corrected chi connectivity index (χ4v) is 3.46. The van der Waals surface area contributed by atoms with Crippen LogP contribution in [0.3, 0.4) is 0 Å². The Balaban J connectivity index is 1.87. The van der Waals surface area contributed by atoms with Crippen molar-refractivity contribution in [3.63, 3.8) is 0 Å². The second-order valence-corrected chi connectivity index (χ2v) is 9.68. The summed E-state index contributed by atoms with van der Waals surface area (Å²) in [6, 6.07) is 12.9. The number of sulfonamides is 2. The molecule has 0 bridgehead atoms. The third-order valence-electron chi connectivity index (χ3n) is 3.37. The molecule has 0 radical (unpaired) electrons. The summed E-state index contributed by atoms with van der Waals surface area (Å²) < 4.78 is 49.8. The van der Waals surface area contributed by atoms with Crippen molar-refractivity contribution >= 4 is 37.5 Å². The van der Waals surface area contributed by atoms with E-state index in [1.54, 1.807) is 48.5 Å². The molecule has 11 heteroatoms. The quantitative estimate of drug-likeness (QED) is 0.507. The molecule has 0 aromatic heterocycles. The molecule has 0 heterocycles. The first-order valence-electron chi connectivity index (χ1n) is 8.15. The molecule has 0 atom stereocenters. The molecule has 4 N–H and O–H groups in total. The highest BCUT2D eigenvalue weighted by Crippen LogP contribution is 2.13. The largest absolute Gasteiger partial charge is 0.334 e. The highest BCUT2D eigenvalue weighted by atomic mass is 32.2. The first-order chi connectivity index (χ1) is 13.0. The number of anilines is 2. The summed E-state index contributed by atoms with van der Waals surface area (Å²) in [6.07, 6.45) is 2.12. The Bertz CT molecular complexity index is 969. The lowest BCUT2D eigenvalue weighted by molar-refractivity contribution is 0.240. The number of hydrogen-bond donors (Lipinski definition) is 4. The Kier molecular flexibility index (Phi) is 6.86. The van der Waals surface area contributed by atoms with Gasteiger partial charge in [0.25, 0.3) is 0 Å². The first-order valence-corrected chi connectivity index (χ1v) is 11.9. The summed E-state index contributed by atoms with van der Waals surface area (Å²) in [5.41, 5.74) is 2.28. The number of benzene rings is 2. The predicted molar refractivity (Wildman–Crippen MR) is 109 cm³/mol. The molecule has 0 spiro atoms. The smallest absolute Gasteiger partial charge is 0.315 e. The minimum atomic E-state index is -3.37. The summed E-state index contributed by atoms with van der Waals surface area (Å²) in [6.45, 7) is 0.418. The van der Waals surface area contributed by atoms with Crippen LogP contribution < -0.4 is 20.1 Å². The SMILES string of the molecule is CS(=O)(=O)Nc1cccc(CNC(=O)NCc2cccc(NS(C)(=O)=O)c2)c1. The number of urea groups is 1. The van der Waals surface area contributed by atoms with Gasteiger partial charge in [0.15, 0.2) is 0 Å². The van der Waals surface area contributed by atoms with E-state index in [2.05, 4.69) is 20.1 Å². The number of hydrogen-bond acceptors (Lipinski definition) is 5. The molecule has 0 aliphatic rings. The van der Waals surface area contributed by atoms with Crippen molar-refractivity contribution in [3.05, 3.63) is 59.7 Å². The van der Waals surface area contributed by atoms with Gasteiger partial charge in [-0.3, -0.25) is 9.44 Å². The van der Waals surface area contributed by atoms with Gasteiger partial charge in [0, 0.05) is 24.5 Å². The van der Waals surface area contributed by atoms with E-state index in [4.69, 9.17) is 0 Å². The summed E-state index contributed by atoms with van der Waals surface area (Å²) >= 11 is 0. The van der Waals surface area contributed by atoms with Crippen molar-refractivity contribution in [2.24, 2.45) is 0 Å². The van der Waals surface area contributed by atoms with Gasteiger partial charge in [-0.1, -0.05) is 24.3 Å². The highest BCUT2D eigenvalue weighted by Gasteiger charge is 2.06. The Hall–Kier alpha value is -2.79. The van der Waals surface area contributed by atoms with Crippen LogP contribution in [0.4, 0.5) is 16.2 Å². The second-order valence-electron chi connectivity index (χ2n) is 6.19. The van der Waals surface area contributed by atoms with Crippen LogP contribution in [0.25, 0.3) is 0 Å². The van der Waals surface area contributed by atoms with Gasteiger partial charge in [-0.25, -0.2) is 21.6 Å². The van der Waals surface area contributed by atoms with Crippen LogP contribution in [0.2, 0.25) is 0 Å². The van der Waals surface area contributed by atoms with Crippen molar-refractivity contribution in [3.8, 4) is 0 Å². The molecule has 28 heavy (non-hydrogen) atoms. The number of rotatable bonds is 8. The fourth-order valence-electron chi connectivity index (χ4n) is 2.34. The van der Waals surface area contributed by atoms with Crippen LogP contribution in [0, 0.1) is 0 Å². The zero-order valence-corrected chi connectivity index (χ0v) is 17.0. The lowest BCUT2D eigenvalue weighted by Gasteiger charge is -2.10. The maximum Gasteiger partial charge on any atom is 0.315 e. The van der Waals surface area contributed by atoms with Crippen molar-refractivity contribution in [1.82, 2.24) is 10.6 Å². The van der Waals surface area contributed by atoms with E-state index in [1.165, 1.54) is 0 Å². The van der Waals surface area contributed by atoms with Crippen molar-refractivity contribution in [2.75, 3.05) is 22.0 Å². The summed E-state index contributed by atoms with van der Waals surface area (Å²) in [7, 11) is -6.74. The van der Waals surface area contributed by atoms with Gasteiger partial charge in [-0.05, 0) is 35.4 Å². The molecule has 0 saturated carbocycles. The van der Waals surface area contributed by atoms with Gasteiger partial charge >= 0.3 is 6.03 Å². The fraction of sp³-hybridized carbons (Fsp3) is 0.235. The van der Waals surface area contributed by atoms with E-state index in [1.807, 2.05) is 0 Å². The van der Waals surface area contributed by atoms with E-state index in [9.17, 15) is 21.6 Å². The van der Waals surface area contributed by atoms with Crippen LogP contribution in [0.5, 0.6) is 0 Å². The molecule has 0 aliphatic heterocycles. The molecule has 2 amide bonds. The van der Waals surface area contributed by atoms with Crippen molar-refractivity contribution in [2.45, 2.75) is 13.1 Å².